The summed E-state index contributed by atoms with van der Waals surface area (Å²) in [6.07, 6.45) is -4.89. The van der Waals surface area contributed by atoms with Gasteiger partial charge in [0.1, 0.15) is 15.7 Å². The van der Waals surface area contributed by atoms with Gasteiger partial charge in [-0.25, -0.2) is 14.3 Å². The standard InChI is InChI=1S/C23H23F3N4O5S2/c1-4-34-21(32)17-11(3)18(22(33)35-5-2)37-20(17)28-19(31)13-10-16-27-12(14-7-6-8-36-14)9-15(23(24,25)26)30(16)29-13/h6-8,10,12,15,27H,4-5,9H2,1-3H3,(H,28,31)/t12-,15-/m0/s1. The van der Waals surface area contributed by atoms with Crippen LogP contribution in [0.3, 0.4) is 0 Å². The highest BCUT2D eigenvalue weighted by Crippen LogP contribution is 2.44. The summed E-state index contributed by atoms with van der Waals surface area (Å²) in [7, 11) is 0. The molecule has 0 aliphatic carbocycles. The van der Waals surface area contributed by atoms with Gasteiger partial charge in [0.15, 0.2) is 11.7 Å². The molecule has 0 spiro atoms. The van der Waals surface area contributed by atoms with E-state index in [2.05, 4.69) is 15.7 Å². The largest absolute Gasteiger partial charge is 0.462 e. The van der Waals surface area contributed by atoms with Gasteiger partial charge in [0.25, 0.3) is 5.91 Å². The van der Waals surface area contributed by atoms with E-state index in [0.29, 0.717) is 0 Å². The molecule has 198 valence electrons. The Morgan fingerprint density at radius 1 is 1.22 bits per heavy atom. The molecular formula is C23H23F3N4O5S2. The second-order valence-corrected chi connectivity index (χ2v) is 10.0. The van der Waals surface area contributed by atoms with Crippen LogP contribution in [0.4, 0.5) is 24.0 Å². The van der Waals surface area contributed by atoms with E-state index in [1.807, 2.05) is 0 Å². The first-order valence-electron chi connectivity index (χ1n) is 11.3. The van der Waals surface area contributed by atoms with Crippen LogP contribution in [-0.4, -0.2) is 47.0 Å². The zero-order valence-electron chi connectivity index (χ0n) is 20.0. The van der Waals surface area contributed by atoms with Crippen molar-refractivity contribution < 1.29 is 37.0 Å². The van der Waals surface area contributed by atoms with Crippen LogP contribution in [0, 0.1) is 6.92 Å². The Labute approximate surface area is 217 Å². The van der Waals surface area contributed by atoms with Crippen LogP contribution in [0.1, 0.15) is 73.3 Å². The summed E-state index contributed by atoms with van der Waals surface area (Å²) in [5.74, 6) is -2.24. The van der Waals surface area contributed by atoms with Gasteiger partial charge < -0.3 is 20.1 Å². The molecule has 3 aromatic rings. The Morgan fingerprint density at radius 2 is 1.92 bits per heavy atom. The van der Waals surface area contributed by atoms with E-state index in [1.165, 1.54) is 24.3 Å². The van der Waals surface area contributed by atoms with Crippen LogP contribution in [0.25, 0.3) is 0 Å². The van der Waals surface area contributed by atoms with E-state index in [9.17, 15) is 27.6 Å². The van der Waals surface area contributed by atoms with Crippen molar-refractivity contribution in [1.29, 1.82) is 0 Å². The number of carbonyl (C=O) groups is 3. The topological polar surface area (TPSA) is 112 Å². The number of carbonyl (C=O) groups excluding carboxylic acids is 3. The molecule has 3 aromatic heterocycles. The van der Waals surface area contributed by atoms with Gasteiger partial charge in [-0.15, -0.1) is 22.7 Å². The van der Waals surface area contributed by atoms with E-state index in [1.54, 1.807) is 31.4 Å². The van der Waals surface area contributed by atoms with Crippen molar-refractivity contribution in [3.63, 3.8) is 0 Å². The molecule has 0 fully saturated rings. The van der Waals surface area contributed by atoms with Gasteiger partial charge in [-0.3, -0.25) is 4.79 Å². The minimum Gasteiger partial charge on any atom is -0.462 e. The highest BCUT2D eigenvalue weighted by atomic mass is 32.1. The fourth-order valence-corrected chi connectivity index (χ4v) is 5.84. The van der Waals surface area contributed by atoms with Gasteiger partial charge in [-0.2, -0.15) is 18.3 Å². The normalized spacial score (nSPS) is 17.0. The highest BCUT2D eigenvalue weighted by molar-refractivity contribution is 7.18. The predicted molar refractivity (Wildman–Crippen MR) is 132 cm³/mol. The van der Waals surface area contributed by atoms with Crippen molar-refractivity contribution >= 4 is 51.3 Å². The number of halogens is 3. The number of nitrogens with one attached hydrogen (secondary N) is 2. The Bertz CT molecular complexity index is 1320. The maximum atomic E-state index is 13.9. The van der Waals surface area contributed by atoms with Crippen molar-refractivity contribution in [2.45, 2.75) is 45.5 Å². The SMILES string of the molecule is CCOC(=O)c1sc(NC(=O)c2cc3n(n2)[C@H](C(F)(F)F)C[C@@H](c2cccs2)N3)c(C(=O)OCC)c1C. The van der Waals surface area contributed by atoms with Crippen LogP contribution in [-0.2, 0) is 9.47 Å². The van der Waals surface area contributed by atoms with Crippen LogP contribution in [0.5, 0.6) is 0 Å². The lowest BCUT2D eigenvalue weighted by Gasteiger charge is -2.32. The van der Waals surface area contributed by atoms with Crippen LogP contribution in [0.15, 0.2) is 23.6 Å². The second kappa shape index (κ2) is 10.5. The molecule has 2 atom stereocenters. The molecule has 37 heavy (non-hydrogen) atoms. The number of fused-ring (bicyclic) bond motifs is 1. The Kier molecular flexibility index (Phi) is 7.59. The average Bonchev–Trinajstić information content (AvgIpc) is 3.57. The van der Waals surface area contributed by atoms with Crippen LogP contribution >= 0.6 is 22.7 Å². The molecule has 1 aliphatic rings. The molecule has 0 saturated heterocycles. The third-order valence-electron chi connectivity index (χ3n) is 5.62. The maximum Gasteiger partial charge on any atom is 0.410 e. The lowest BCUT2D eigenvalue weighted by atomic mass is 10.0. The van der Waals surface area contributed by atoms with Gasteiger partial charge in [-0.05, 0) is 37.8 Å². The molecule has 0 unspecified atom stereocenters. The molecule has 0 bridgehead atoms. The number of nitrogens with zero attached hydrogens (tertiary/aromatic N) is 2. The van der Waals surface area contributed by atoms with Gasteiger partial charge >= 0.3 is 18.1 Å². The molecule has 14 heteroatoms. The Morgan fingerprint density at radius 3 is 2.54 bits per heavy atom. The molecule has 1 aliphatic heterocycles. The van der Waals surface area contributed by atoms with Crippen molar-refractivity contribution in [2.75, 3.05) is 23.8 Å². The number of alkyl halides is 3. The number of anilines is 2. The summed E-state index contributed by atoms with van der Waals surface area (Å²) in [6.45, 7) is 4.91. The Hall–Kier alpha value is -3.39. The summed E-state index contributed by atoms with van der Waals surface area (Å²) in [6, 6.07) is 2.18. The first-order chi connectivity index (χ1) is 17.5. The highest BCUT2D eigenvalue weighted by Gasteiger charge is 2.47. The van der Waals surface area contributed by atoms with Crippen molar-refractivity contribution in [3.8, 4) is 0 Å². The van der Waals surface area contributed by atoms with E-state index >= 15 is 0 Å². The minimum absolute atomic E-state index is 0.00627. The number of hydrogen-bond donors (Lipinski definition) is 2. The van der Waals surface area contributed by atoms with Crippen molar-refractivity contribution in [2.24, 2.45) is 0 Å². The zero-order valence-corrected chi connectivity index (χ0v) is 21.6. The predicted octanol–water partition coefficient (Wildman–Crippen LogP) is 5.58. The number of amides is 1. The summed E-state index contributed by atoms with van der Waals surface area (Å²) >= 11 is 2.14. The molecule has 1 amide bonds. The molecule has 9 nitrogen and oxygen atoms in total. The van der Waals surface area contributed by atoms with Gasteiger partial charge in [0, 0.05) is 17.4 Å². The fraction of sp³-hybridized carbons (Fsp3) is 0.391. The number of rotatable bonds is 7. The summed E-state index contributed by atoms with van der Waals surface area (Å²) in [5.41, 5.74) is -0.0580. The molecule has 0 aromatic carbocycles. The maximum absolute atomic E-state index is 13.9. The second-order valence-electron chi connectivity index (χ2n) is 8.02. The molecule has 4 rings (SSSR count). The third kappa shape index (κ3) is 5.34. The first-order valence-corrected chi connectivity index (χ1v) is 13.0. The van der Waals surface area contributed by atoms with E-state index < -0.39 is 36.1 Å². The summed E-state index contributed by atoms with van der Waals surface area (Å²) in [4.78, 5) is 38.9. The zero-order chi connectivity index (χ0) is 26.9. The van der Waals surface area contributed by atoms with Gasteiger partial charge in [-0.1, -0.05) is 6.07 Å². The number of esters is 2. The molecule has 2 N–H and O–H groups in total. The summed E-state index contributed by atoms with van der Waals surface area (Å²) < 4.78 is 52.6. The third-order valence-corrected chi connectivity index (χ3v) is 7.80. The van der Waals surface area contributed by atoms with Crippen LogP contribution in [0.2, 0.25) is 0 Å². The van der Waals surface area contributed by atoms with Gasteiger partial charge in [0.05, 0.1) is 24.8 Å². The quantitative estimate of drug-likeness (QED) is 0.366. The van der Waals surface area contributed by atoms with Crippen LogP contribution < -0.4 is 10.6 Å². The lowest BCUT2D eigenvalue weighted by Crippen LogP contribution is -2.35. The van der Waals surface area contributed by atoms with E-state index in [-0.39, 0.29) is 52.2 Å². The molecular weight excluding hydrogens is 533 g/mol. The number of aromatic nitrogens is 2. The number of thiophene rings is 2. The summed E-state index contributed by atoms with van der Waals surface area (Å²) in [5, 5.41) is 11.3. The molecule has 0 radical (unpaired) electrons. The smallest absolute Gasteiger partial charge is 0.410 e. The lowest BCUT2D eigenvalue weighted by molar-refractivity contribution is -0.173. The average molecular weight is 557 g/mol. The molecule has 0 saturated carbocycles. The Balaban J connectivity index is 1.67. The first kappa shape index (κ1) is 26.7. The van der Waals surface area contributed by atoms with Crippen molar-refractivity contribution in [1.82, 2.24) is 9.78 Å². The van der Waals surface area contributed by atoms with Crippen molar-refractivity contribution in [3.05, 3.63) is 50.2 Å². The van der Waals surface area contributed by atoms with Gasteiger partial charge in [0.2, 0.25) is 0 Å². The van der Waals surface area contributed by atoms with E-state index in [0.717, 1.165) is 20.9 Å². The fourth-order valence-electron chi connectivity index (χ4n) is 3.97. The number of ether oxygens (including phenoxy) is 2. The minimum atomic E-state index is -4.59. The molecule has 4 heterocycles. The number of hydrogen-bond acceptors (Lipinski definition) is 9. The monoisotopic (exact) mass is 556 g/mol. The van der Waals surface area contributed by atoms with E-state index in [4.69, 9.17) is 9.47 Å².